The largest absolute Gasteiger partial charge is 0.332 e. The summed E-state index contributed by atoms with van der Waals surface area (Å²) in [4.78, 5) is 10.4. The highest BCUT2D eigenvalue weighted by molar-refractivity contribution is 7.80. The zero-order valence-electron chi connectivity index (χ0n) is 13.1. The number of nitro groups is 1. The number of thiocarbonyl (C=S) groups is 1. The first-order valence-corrected chi connectivity index (χ1v) is 7.89. The fourth-order valence-corrected chi connectivity index (χ4v) is 2.60. The van der Waals surface area contributed by atoms with Gasteiger partial charge in [-0.1, -0.05) is 38.1 Å². The Hall–Kier alpha value is -2.47. The van der Waals surface area contributed by atoms with Crippen molar-refractivity contribution in [3.8, 4) is 0 Å². The van der Waals surface area contributed by atoms with Crippen LogP contribution in [-0.2, 0) is 12.8 Å². The Labute approximate surface area is 140 Å². The molecule has 2 aromatic rings. The van der Waals surface area contributed by atoms with Crippen LogP contribution in [0, 0.1) is 10.1 Å². The second-order valence-corrected chi connectivity index (χ2v) is 5.45. The summed E-state index contributed by atoms with van der Waals surface area (Å²) in [5.74, 6) is 0. The predicted octanol–water partition coefficient (Wildman–Crippen LogP) is 4.53. The van der Waals surface area contributed by atoms with Crippen molar-refractivity contribution in [2.24, 2.45) is 0 Å². The fourth-order valence-electron chi connectivity index (χ4n) is 2.38. The van der Waals surface area contributed by atoms with Gasteiger partial charge in [-0.15, -0.1) is 0 Å². The summed E-state index contributed by atoms with van der Waals surface area (Å²) in [6.07, 6.45) is 1.80. The molecule has 120 valence electrons. The second kappa shape index (κ2) is 7.69. The van der Waals surface area contributed by atoms with Gasteiger partial charge in [-0.25, -0.2) is 0 Å². The lowest BCUT2D eigenvalue weighted by Gasteiger charge is -2.16. The molecule has 0 saturated heterocycles. The number of nitrogens with zero attached hydrogens (tertiary/aromatic N) is 1. The first-order chi connectivity index (χ1) is 11.0. The van der Waals surface area contributed by atoms with E-state index in [1.54, 1.807) is 12.1 Å². The smallest absolute Gasteiger partial charge is 0.271 e. The van der Waals surface area contributed by atoms with E-state index in [1.807, 2.05) is 6.07 Å². The van der Waals surface area contributed by atoms with E-state index in [0.717, 1.165) is 18.5 Å². The van der Waals surface area contributed by atoms with Gasteiger partial charge in [-0.3, -0.25) is 10.1 Å². The number of aryl methyl sites for hydroxylation is 2. The molecule has 6 heteroatoms. The summed E-state index contributed by atoms with van der Waals surface area (Å²) < 4.78 is 0. The maximum Gasteiger partial charge on any atom is 0.271 e. The molecule has 0 aliphatic heterocycles. The van der Waals surface area contributed by atoms with Gasteiger partial charge in [0.15, 0.2) is 5.11 Å². The van der Waals surface area contributed by atoms with Crippen molar-refractivity contribution in [1.29, 1.82) is 0 Å². The first-order valence-electron chi connectivity index (χ1n) is 7.48. The summed E-state index contributed by atoms with van der Waals surface area (Å²) in [6, 6.07) is 12.5. The van der Waals surface area contributed by atoms with E-state index in [1.165, 1.54) is 23.3 Å². The molecule has 0 radical (unpaired) electrons. The van der Waals surface area contributed by atoms with E-state index >= 15 is 0 Å². The van der Waals surface area contributed by atoms with Gasteiger partial charge in [0.05, 0.1) is 4.92 Å². The molecule has 0 spiro atoms. The molecule has 0 aliphatic carbocycles. The summed E-state index contributed by atoms with van der Waals surface area (Å²) >= 11 is 5.35. The molecule has 2 aromatic carbocycles. The average molecular weight is 329 g/mol. The molecule has 0 unspecified atom stereocenters. The Morgan fingerprint density at radius 3 is 2.26 bits per heavy atom. The third kappa shape index (κ3) is 4.26. The summed E-state index contributed by atoms with van der Waals surface area (Å²) in [5, 5.41) is 17.5. The molecule has 23 heavy (non-hydrogen) atoms. The third-order valence-corrected chi connectivity index (χ3v) is 3.76. The van der Waals surface area contributed by atoms with Gasteiger partial charge in [0, 0.05) is 23.5 Å². The predicted molar refractivity (Wildman–Crippen MR) is 98.1 cm³/mol. The monoisotopic (exact) mass is 329 g/mol. The number of benzene rings is 2. The Morgan fingerprint density at radius 1 is 1.09 bits per heavy atom. The summed E-state index contributed by atoms with van der Waals surface area (Å²) in [5.41, 5.74) is 4.00. The SMILES string of the molecule is CCc1cccc(CC)c1NC(=S)Nc1cccc([N+](=O)[O-])c1. The zero-order chi connectivity index (χ0) is 16.8. The molecule has 5 nitrogen and oxygen atoms in total. The van der Waals surface area contributed by atoms with Crippen LogP contribution in [0.4, 0.5) is 17.1 Å². The molecule has 0 aromatic heterocycles. The van der Waals surface area contributed by atoms with Crippen LogP contribution < -0.4 is 10.6 Å². The summed E-state index contributed by atoms with van der Waals surface area (Å²) in [7, 11) is 0. The number of para-hydroxylation sites is 1. The van der Waals surface area contributed by atoms with Gasteiger partial charge in [0.2, 0.25) is 0 Å². The lowest BCUT2D eigenvalue weighted by molar-refractivity contribution is -0.384. The maximum atomic E-state index is 10.8. The number of nitro benzene ring substituents is 1. The van der Waals surface area contributed by atoms with Gasteiger partial charge in [0.1, 0.15) is 0 Å². The third-order valence-electron chi connectivity index (χ3n) is 3.55. The number of non-ortho nitro benzene ring substituents is 1. The number of anilines is 2. The molecule has 0 amide bonds. The van der Waals surface area contributed by atoms with Crippen LogP contribution in [0.15, 0.2) is 42.5 Å². The van der Waals surface area contributed by atoms with Crippen molar-refractivity contribution in [2.75, 3.05) is 10.6 Å². The van der Waals surface area contributed by atoms with E-state index in [9.17, 15) is 10.1 Å². The number of rotatable bonds is 5. The molecular formula is C17H19N3O2S. The fraction of sp³-hybridized carbons (Fsp3) is 0.235. The standard InChI is InChI=1S/C17H19N3O2S/c1-3-12-7-5-8-13(4-2)16(12)19-17(23)18-14-9-6-10-15(11-14)20(21)22/h5-11H,3-4H2,1-2H3,(H2,18,19,23). The van der Waals surface area contributed by atoms with Crippen LogP contribution in [-0.4, -0.2) is 10.0 Å². The van der Waals surface area contributed by atoms with Crippen molar-refractivity contribution in [2.45, 2.75) is 26.7 Å². The number of hydrogen-bond donors (Lipinski definition) is 2. The van der Waals surface area contributed by atoms with Crippen LogP contribution in [0.5, 0.6) is 0 Å². The van der Waals surface area contributed by atoms with Crippen molar-refractivity contribution < 1.29 is 4.92 Å². The zero-order valence-corrected chi connectivity index (χ0v) is 13.9. The molecule has 0 heterocycles. The molecule has 0 saturated carbocycles. The summed E-state index contributed by atoms with van der Waals surface area (Å²) in [6.45, 7) is 4.19. The Morgan fingerprint density at radius 2 is 1.70 bits per heavy atom. The van der Waals surface area contributed by atoms with Crippen LogP contribution >= 0.6 is 12.2 Å². The van der Waals surface area contributed by atoms with Crippen LogP contribution in [0.1, 0.15) is 25.0 Å². The Balaban J connectivity index is 2.17. The van der Waals surface area contributed by atoms with Crippen molar-refractivity contribution in [3.63, 3.8) is 0 Å². The van der Waals surface area contributed by atoms with Crippen LogP contribution in [0.2, 0.25) is 0 Å². The minimum Gasteiger partial charge on any atom is -0.332 e. The minimum atomic E-state index is -0.427. The van der Waals surface area contributed by atoms with E-state index in [2.05, 4.69) is 36.6 Å². The number of nitrogens with one attached hydrogen (secondary N) is 2. The minimum absolute atomic E-state index is 0.0287. The molecule has 0 aliphatic rings. The highest BCUT2D eigenvalue weighted by Crippen LogP contribution is 2.23. The van der Waals surface area contributed by atoms with E-state index in [-0.39, 0.29) is 5.69 Å². The molecule has 0 atom stereocenters. The van der Waals surface area contributed by atoms with Crippen molar-refractivity contribution in [1.82, 2.24) is 0 Å². The molecule has 2 rings (SSSR count). The van der Waals surface area contributed by atoms with Gasteiger partial charge in [-0.05, 0) is 42.3 Å². The van der Waals surface area contributed by atoms with E-state index < -0.39 is 4.92 Å². The van der Waals surface area contributed by atoms with Gasteiger partial charge in [-0.2, -0.15) is 0 Å². The normalized spacial score (nSPS) is 10.2. The molecule has 0 fully saturated rings. The van der Waals surface area contributed by atoms with Gasteiger partial charge < -0.3 is 10.6 Å². The van der Waals surface area contributed by atoms with Crippen LogP contribution in [0.3, 0.4) is 0 Å². The molecular weight excluding hydrogens is 310 g/mol. The van der Waals surface area contributed by atoms with Crippen molar-refractivity contribution in [3.05, 3.63) is 63.7 Å². The second-order valence-electron chi connectivity index (χ2n) is 5.04. The maximum absolute atomic E-state index is 10.8. The number of hydrogen-bond acceptors (Lipinski definition) is 3. The average Bonchev–Trinajstić information content (AvgIpc) is 2.55. The van der Waals surface area contributed by atoms with Crippen LogP contribution in [0.25, 0.3) is 0 Å². The lowest BCUT2D eigenvalue weighted by atomic mass is 10.0. The highest BCUT2D eigenvalue weighted by atomic mass is 32.1. The Bertz CT molecular complexity index is 709. The highest BCUT2D eigenvalue weighted by Gasteiger charge is 2.10. The first kappa shape index (κ1) is 16.9. The van der Waals surface area contributed by atoms with Crippen molar-refractivity contribution >= 4 is 34.4 Å². The van der Waals surface area contributed by atoms with Gasteiger partial charge >= 0.3 is 0 Å². The topological polar surface area (TPSA) is 67.2 Å². The molecule has 0 bridgehead atoms. The quantitative estimate of drug-likeness (QED) is 0.479. The van der Waals surface area contributed by atoms with E-state index in [4.69, 9.17) is 12.2 Å². The molecule has 2 N–H and O–H groups in total. The lowest BCUT2D eigenvalue weighted by Crippen LogP contribution is -2.21. The van der Waals surface area contributed by atoms with E-state index in [0.29, 0.717) is 10.8 Å². The van der Waals surface area contributed by atoms with Gasteiger partial charge in [0.25, 0.3) is 5.69 Å². The Kier molecular flexibility index (Phi) is 5.65.